The molecule has 0 aliphatic carbocycles. The van der Waals surface area contributed by atoms with E-state index in [1.807, 2.05) is 13.8 Å². The van der Waals surface area contributed by atoms with Crippen LogP contribution in [0.3, 0.4) is 0 Å². The lowest BCUT2D eigenvalue weighted by Gasteiger charge is -2.33. The highest BCUT2D eigenvalue weighted by Crippen LogP contribution is 2.18. The molecule has 2 atom stereocenters. The molecule has 1 aliphatic rings. The third-order valence-corrected chi connectivity index (χ3v) is 3.09. The maximum atomic E-state index is 11.9. The normalized spacial score (nSPS) is 23.2. The van der Waals surface area contributed by atoms with E-state index in [4.69, 9.17) is 10.8 Å². The van der Waals surface area contributed by atoms with E-state index in [-0.39, 0.29) is 11.8 Å². The molecule has 3 N–H and O–H groups in total. The van der Waals surface area contributed by atoms with Crippen LogP contribution in [0.1, 0.15) is 26.7 Å². The molecule has 1 aliphatic heterocycles. The van der Waals surface area contributed by atoms with Crippen molar-refractivity contribution in [2.75, 3.05) is 13.1 Å². The first-order chi connectivity index (χ1) is 7.43. The molecule has 0 radical (unpaired) electrons. The molecule has 1 heterocycles. The fourth-order valence-corrected chi connectivity index (χ4v) is 1.87. The van der Waals surface area contributed by atoms with Gasteiger partial charge in [-0.05, 0) is 18.8 Å². The van der Waals surface area contributed by atoms with Crippen molar-refractivity contribution in [2.45, 2.75) is 32.7 Å². The Kier molecular flexibility index (Phi) is 4.29. The molecule has 1 rings (SSSR count). The van der Waals surface area contributed by atoms with Gasteiger partial charge in [0, 0.05) is 13.1 Å². The smallest absolute Gasteiger partial charge is 0.308 e. The number of aliphatic carboxylic acids is 1. The standard InChI is InChI=1S/C11H20N2O3/c1-7(2)9(12)10(14)13-5-3-4-8(6-13)11(15)16/h7-9H,3-6,12H2,1-2H3,(H,15,16)/t8-,9+/m0/s1. The van der Waals surface area contributed by atoms with Crippen molar-refractivity contribution in [3.8, 4) is 0 Å². The van der Waals surface area contributed by atoms with E-state index in [0.717, 1.165) is 6.42 Å². The second-order valence-corrected chi connectivity index (χ2v) is 4.73. The molecule has 5 nitrogen and oxygen atoms in total. The van der Waals surface area contributed by atoms with Gasteiger partial charge >= 0.3 is 5.97 Å². The average Bonchev–Trinajstić information content (AvgIpc) is 2.27. The first kappa shape index (κ1) is 13.0. The summed E-state index contributed by atoms with van der Waals surface area (Å²) in [5.41, 5.74) is 5.77. The lowest BCUT2D eigenvalue weighted by atomic mass is 9.96. The number of hydrogen-bond donors (Lipinski definition) is 2. The minimum absolute atomic E-state index is 0.0812. The van der Waals surface area contributed by atoms with Gasteiger partial charge in [-0.15, -0.1) is 0 Å². The molecule has 5 heteroatoms. The molecule has 1 amide bonds. The molecule has 92 valence electrons. The summed E-state index contributed by atoms with van der Waals surface area (Å²) < 4.78 is 0. The fourth-order valence-electron chi connectivity index (χ4n) is 1.87. The number of rotatable bonds is 3. The third kappa shape index (κ3) is 2.95. The van der Waals surface area contributed by atoms with Crippen molar-refractivity contribution in [3.63, 3.8) is 0 Å². The van der Waals surface area contributed by atoms with E-state index in [9.17, 15) is 9.59 Å². The van der Waals surface area contributed by atoms with Gasteiger partial charge in [-0.25, -0.2) is 0 Å². The predicted molar refractivity (Wildman–Crippen MR) is 59.8 cm³/mol. The van der Waals surface area contributed by atoms with Crippen molar-refractivity contribution < 1.29 is 14.7 Å². The zero-order valence-corrected chi connectivity index (χ0v) is 9.85. The highest BCUT2D eigenvalue weighted by Gasteiger charge is 2.31. The number of carbonyl (C=O) groups is 2. The Morgan fingerprint density at radius 2 is 2.06 bits per heavy atom. The Hall–Kier alpha value is -1.10. The molecule has 0 aromatic carbocycles. The summed E-state index contributed by atoms with van der Waals surface area (Å²) in [7, 11) is 0. The molecule has 0 spiro atoms. The van der Waals surface area contributed by atoms with E-state index in [1.165, 1.54) is 0 Å². The van der Waals surface area contributed by atoms with Crippen LogP contribution in [-0.4, -0.2) is 41.0 Å². The van der Waals surface area contributed by atoms with Gasteiger partial charge in [0.1, 0.15) is 0 Å². The number of nitrogens with two attached hydrogens (primary N) is 1. The van der Waals surface area contributed by atoms with Crippen LogP contribution in [-0.2, 0) is 9.59 Å². The average molecular weight is 228 g/mol. The van der Waals surface area contributed by atoms with Gasteiger partial charge in [-0.1, -0.05) is 13.8 Å². The van der Waals surface area contributed by atoms with E-state index >= 15 is 0 Å². The monoisotopic (exact) mass is 228 g/mol. The summed E-state index contributed by atoms with van der Waals surface area (Å²) in [6.07, 6.45) is 1.39. The van der Waals surface area contributed by atoms with Crippen LogP contribution in [0.25, 0.3) is 0 Å². The Labute approximate surface area is 95.6 Å². The minimum atomic E-state index is -0.824. The van der Waals surface area contributed by atoms with Crippen LogP contribution in [0.4, 0.5) is 0 Å². The predicted octanol–water partition coefficient (Wildman–Crippen LogP) is 0.293. The molecular weight excluding hydrogens is 208 g/mol. The quantitative estimate of drug-likeness (QED) is 0.727. The number of carbonyl (C=O) groups excluding carboxylic acids is 1. The number of carboxylic acids is 1. The molecule has 0 bridgehead atoms. The lowest BCUT2D eigenvalue weighted by molar-refractivity contribution is -0.146. The van der Waals surface area contributed by atoms with Gasteiger partial charge in [-0.3, -0.25) is 9.59 Å². The zero-order valence-electron chi connectivity index (χ0n) is 9.85. The molecule has 0 unspecified atom stereocenters. The highest BCUT2D eigenvalue weighted by molar-refractivity contribution is 5.82. The van der Waals surface area contributed by atoms with Gasteiger partial charge in [0.25, 0.3) is 0 Å². The largest absolute Gasteiger partial charge is 0.481 e. The summed E-state index contributed by atoms with van der Waals surface area (Å²) in [6.45, 7) is 4.71. The van der Waals surface area contributed by atoms with Crippen LogP contribution in [0.2, 0.25) is 0 Å². The number of likely N-dealkylation sites (tertiary alicyclic amines) is 1. The number of nitrogens with zero attached hydrogens (tertiary/aromatic N) is 1. The third-order valence-electron chi connectivity index (χ3n) is 3.09. The van der Waals surface area contributed by atoms with Crippen molar-refractivity contribution in [2.24, 2.45) is 17.6 Å². The highest BCUT2D eigenvalue weighted by atomic mass is 16.4. The van der Waals surface area contributed by atoms with Gasteiger partial charge in [-0.2, -0.15) is 0 Å². The molecule has 0 saturated carbocycles. The summed E-state index contributed by atoms with van der Waals surface area (Å²) in [5.74, 6) is -1.30. The summed E-state index contributed by atoms with van der Waals surface area (Å²) >= 11 is 0. The summed E-state index contributed by atoms with van der Waals surface area (Å²) in [5, 5.41) is 8.92. The van der Waals surface area contributed by atoms with Crippen LogP contribution in [0.5, 0.6) is 0 Å². The Bertz CT molecular complexity index is 278. The number of hydrogen-bond acceptors (Lipinski definition) is 3. The topological polar surface area (TPSA) is 83.6 Å². The summed E-state index contributed by atoms with van der Waals surface area (Å²) in [6, 6.07) is -0.521. The van der Waals surface area contributed by atoms with Gasteiger partial charge in [0.2, 0.25) is 5.91 Å². The molecule has 1 saturated heterocycles. The molecule has 0 aromatic heterocycles. The molecule has 1 fully saturated rings. The first-order valence-electron chi connectivity index (χ1n) is 5.70. The van der Waals surface area contributed by atoms with Crippen molar-refractivity contribution in [1.82, 2.24) is 4.90 Å². The Balaban J connectivity index is 2.60. The Morgan fingerprint density at radius 3 is 2.56 bits per heavy atom. The number of carboxylic acid groups (broad SMARTS) is 1. The zero-order chi connectivity index (χ0) is 12.3. The minimum Gasteiger partial charge on any atom is -0.481 e. The molecular formula is C11H20N2O3. The first-order valence-corrected chi connectivity index (χ1v) is 5.70. The van der Waals surface area contributed by atoms with E-state index in [0.29, 0.717) is 19.5 Å². The van der Waals surface area contributed by atoms with E-state index < -0.39 is 17.9 Å². The van der Waals surface area contributed by atoms with E-state index in [2.05, 4.69) is 0 Å². The van der Waals surface area contributed by atoms with E-state index in [1.54, 1.807) is 4.90 Å². The van der Waals surface area contributed by atoms with Crippen LogP contribution in [0, 0.1) is 11.8 Å². The number of piperidine rings is 1. The summed E-state index contributed by atoms with van der Waals surface area (Å²) in [4.78, 5) is 24.4. The number of amides is 1. The van der Waals surface area contributed by atoms with Gasteiger partial charge in [0.05, 0.1) is 12.0 Å². The SMILES string of the molecule is CC(C)[C@@H](N)C(=O)N1CCC[C@H](C(=O)O)C1. The van der Waals surface area contributed by atoms with Crippen molar-refractivity contribution >= 4 is 11.9 Å². The van der Waals surface area contributed by atoms with Gasteiger partial charge in [0.15, 0.2) is 0 Å². The van der Waals surface area contributed by atoms with Crippen LogP contribution in [0.15, 0.2) is 0 Å². The second-order valence-electron chi connectivity index (χ2n) is 4.73. The van der Waals surface area contributed by atoms with Crippen LogP contribution < -0.4 is 5.73 Å². The van der Waals surface area contributed by atoms with Crippen molar-refractivity contribution in [1.29, 1.82) is 0 Å². The Morgan fingerprint density at radius 1 is 1.44 bits per heavy atom. The molecule has 0 aromatic rings. The fraction of sp³-hybridized carbons (Fsp3) is 0.818. The molecule has 16 heavy (non-hydrogen) atoms. The van der Waals surface area contributed by atoms with Crippen molar-refractivity contribution in [3.05, 3.63) is 0 Å². The van der Waals surface area contributed by atoms with Gasteiger partial charge < -0.3 is 15.7 Å². The van der Waals surface area contributed by atoms with Crippen LogP contribution >= 0.6 is 0 Å². The lowest BCUT2D eigenvalue weighted by Crippen LogP contribution is -2.50. The maximum absolute atomic E-state index is 11.9. The maximum Gasteiger partial charge on any atom is 0.308 e. The second kappa shape index (κ2) is 5.30.